The van der Waals surface area contributed by atoms with Gasteiger partial charge < -0.3 is 4.90 Å². The molecule has 1 amide bonds. The Hall–Kier alpha value is -2.12. The summed E-state index contributed by atoms with van der Waals surface area (Å²) in [5.41, 5.74) is 4.43. The van der Waals surface area contributed by atoms with Crippen molar-refractivity contribution in [3.05, 3.63) is 64.1 Å². The summed E-state index contributed by atoms with van der Waals surface area (Å²) < 4.78 is 1.04. The highest BCUT2D eigenvalue weighted by molar-refractivity contribution is 9.10. The van der Waals surface area contributed by atoms with Gasteiger partial charge in [0.2, 0.25) is 0 Å². The van der Waals surface area contributed by atoms with E-state index in [1.165, 1.54) is 17.3 Å². The van der Waals surface area contributed by atoms with E-state index in [1.807, 2.05) is 31.2 Å². The quantitative estimate of drug-likeness (QED) is 0.675. The van der Waals surface area contributed by atoms with Gasteiger partial charge in [0.1, 0.15) is 5.84 Å². The van der Waals surface area contributed by atoms with Gasteiger partial charge in [-0.2, -0.15) is 10.1 Å². The molecular formula is C20H19BrN4OS. The molecule has 0 radical (unpaired) electrons. The van der Waals surface area contributed by atoms with E-state index in [4.69, 9.17) is 5.10 Å². The molecule has 0 saturated heterocycles. The normalized spacial score (nSPS) is 19.3. The number of halogens is 1. The first kappa shape index (κ1) is 18.3. The van der Waals surface area contributed by atoms with Gasteiger partial charge in [-0.05, 0) is 35.4 Å². The maximum atomic E-state index is 11.7. The first-order chi connectivity index (χ1) is 13.0. The molecule has 138 valence electrons. The van der Waals surface area contributed by atoms with Crippen LogP contribution in [0, 0.1) is 0 Å². The number of anilines is 1. The van der Waals surface area contributed by atoms with E-state index < -0.39 is 0 Å². The third-order valence-electron chi connectivity index (χ3n) is 4.69. The molecule has 2 aromatic carbocycles. The Balaban J connectivity index is 1.68. The van der Waals surface area contributed by atoms with Gasteiger partial charge in [0.25, 0.3) is 0 Å². The lowest BCUT2D eigenvalue weighted by Gasteiger charge is -2.23. The second-order valence-corrected chi connectivity index (χ2v) is 8.53. The molecular weight excluding hydrogens is 424 g/mol. The van der Waals surface area contributed by atoms with E-state index in [9.17, 15) is 4.79 Å². The number of hydrazone groups is 1. The molecule has 0 bridgehead atoms. The van der Waals surface area contributed by atoms with Gasteiger partial charge in [-0.3, -0.25) is 4.79 Å². The summed E-state index contributed by atoms with van der Waals surface area (Å²) in [6, 6.07) is 16.7. The maximum Gasteiger partial charge on any atom is 0.307 e. The standard InChI is InChI=1S/C20H19BrN4OS/c1-24(2)16-9-5-14(6-10-16)18-11-17(13-3-7-15(21)8-4-13)23-25(18)19-12-27-20(26)22-19/h3-10,18H,11-12H2,1-2H3. The number of carbonyl (C=O) groups excluding carboxylic acids is 1. The van der Waals surface area contributed by atoms with E-state index in [-0.39, 0.29) is 11.3 Å². The molecule has 5 nitrogen and oxygen atoms in total. The molecule has 7 heteroatoms. The van der Waals surface area contributed by atoms with Gasteiger partial charge in [-0.25, -0.2) is 5.01 Å². The summed E-state index contributed by atoms with van der Waals surface area (Å²) in [7, 11) is 4.06. The Morgan fingerprint density at radius 1 is 1.11 bits per heavy atom. The molecule has 0 aliphatic carbocycles. The Bertz CT molecular complexity index is 922. The van der Waals surface area contributed by atoms with Crippen LogP contribution in [0.1, 0.15) is 23.6 Å². The molecule has 1 unspecified atom stereocenters. The number of nitrogens with zero attached hydrogens (tertiary/aromatic N) is 4. The Morgan fingerprint density at radius 3 is 2.41 bits per heavy atom. The molecule has 0 fully saturated rings. The van der Waals surface area contributed by atoms with Crippen molar-refractivity contribution in [1.29, 1.82) is 0 Å². The molecule has 4 rings (SSSR count). The number of amidine groups is 1. The van der Waals surface area contributed by atoms with Gasteiger partial charge >= 0.3 is 5.24 Å². The SMILES string of the molecule is CN(C)c1ccc(C2CC(c3ccc(Br)cc3)=NN2C2=NC(=O)SC2)cc1. The number of thioether (sulfide) groups is 1. The predicted octanol–water partition coefficient (Wildman–Crippen LogP) is 4.93. The van der Waals surface area contributed by atoms with Crippen molar-refractivity contribution in [2.45, 2.75) is 12.5 Å². The summed E-state index contributed by atoms with van der Waals surface area (Å²) in [4.78, 5) is 17.9. The molecule has 1 atom stereocenters. The van der Waals surface area contributed by atoms with E-state index in [2.05, 4.69) is 62.2 Å². The number of amides is 1. The fourth-order valence-electron chi connectivity index (χ4n) is 3.23. The van der Waals surface area contributed by atoms with Crippen molar-refractivity contribution < 1.29 is 4.79 Å². The number of rotatable bonds is 3. The van der Waals surface area contributed by atoms with E-state index in [0.717, 1.165) is 33.7 Å². The van der Waals surface area contributed by atoms with E-state index >= 15 is 0 Å². The fraction of sp³-hybridized carbons (Fsp3) is 0.250. The molecule has 0 spiro atoms. The lowest BCUT2D eigenvalue weighted by molar-refractivity contribution is 0.267. The van der Waals surface area contributed by atoms with Gasteiger partial charge in [-0.1, -0.05) is 52.0 Å². The number of hydrogen-bond acceptors (Lipinski definition) is 5. The van der Waals surface area contributed by atoms with Gasteiger partial charge in [0, 0.05) is 30.7 Å². The maximum absolute atomic E-state index is 11.7. The van der Waals surface area contributed by atoms with Crippen LogP contribution in [0.4, 0.5) is 10.5 Å². The largest absolute Gasteiger partial charge is 0.378 e. The molecule has 2 aliphatic rings. The average Bonchev–Trinajstić information content (AvgIpc) is 3.29. The lowest BCUT2D eigenvalue weighted by Crippen LogP contribution is -2.27. The van der Waals surface area contributed by atoms with Crippen molar-refractivity contribution in [2.24, 2.45) is 10.1 Å². The first-order valence-corrected chi connectivity index (χ1v) is 10.4. The highest BCUT2D eigenvalue weighted by Gasteiger charge is 2.34. The third-order valence-corrected chi connectivity index (χ3v) is 5.96. The molecule has 2 aliphatic heterocycles. The van der Waals surface area contributed by atoms with Crippen LogP contribution < -0.4 is 4.90 Å². The minimum Gasteiger partial charge on any atom is -0.378 e. The highest BCUT2D eigenvalue weighted by Crippen LogP contribution is 2.35. The summed E-state index contributed by atoms with van der Waals surface area (Å²) in [6.45, 7) is 0. The van der Waals surface area contributed by atoms with E-state index in [0.29, 0.717) is 5.75 Å². The van der Waals surface area contributed by atoms with Crippen molar-refractivity contribution >= 4 is 50.2 Å². The zero-order valence-electron chi connectivity index (χ0n) is 15.1. The molecule has 0 saturated carbocycles. The second-order valence-electron chi connectivity index (χ2n) is 6.69. The van der Waals surface area contributed by atoms with Crippen molar-refractivity contribution in [1.82, 2.24) is 5.01 Å². The summed E-state index contributed by atoms with van der Waals surface area (Å²) in [5.74, 6) is 1.31. The third kappa shape index (κ3) is 3.80. The average molecular weight is 443 g/mol. The van der Waals surface area contributed by atoms with Gasteiger partial charge in [0.05, 0.1) is 17.5 Å². The molecule has 2 aromatic rings. The van der Waals surface area contributed by atoms with Crippen molar-refractivity contribution in [2.75, 3.05) is 24.7 Å². The highest BCUT2D eigenvalue weighted by atomic mass is 79.9. The number of benzene rings is 2. The van der Waals surface area contributed by atoms with Crippen molar-refractivity contribution in [3.8, 4) is 0 Å². The van der Waals surface area contributed by atoms with Crippen LogP contribution in [0.3, 0.4) is 0 Å². The molecule has 2 heterocycles. The zero-order chi connectivity index (χ0) is 19.0. The number of aliphatic imine (C=N–C) groups is 1. The van der Waals surface area contributed by atoms with Crippen LogP contribution in [-0.4, -0.2) is 41.6 Å². The number of carbonyl (C=O) groups is 1. The fourth-order valence-corrected chi connectivity index (χ4v) is 4.12. The lowest BCUT2D eigenvalue weighted by atomic mass is 9.98. The van der Waals surface area contributed by atoms with Crippen LogP contribution in [-0.2, 0) is 0 Å². The van der Waals surface area contributed by atoms with Gasteiger partial charge in [0.15, 0.2) is 0 Å². The molecule has 0 N–H and O–H groups in total. The Labute approximate surface area is 171 Å². The molecule has 0 aromatic heterocycles. The van der Waals surface area contributed by atoms with Crippen LogP contribution in [0.2, 0.25) is 0 Å². The number of hydrogen-bond donors (Lipinski definition) is 0. The zero-order valence-corrected chi connectivity index (χ0v) is 17.5. The Kier molecular flexibility index (Phi) is 5.06. The molecule has 27 heavy (non-hydrogen) atoms. The van der Waals surface area contributed by atoms with Crippen LogP contribution in [0.15, 0.2) is 63.1 Å². The second kappa shape index (κ2) is 7.48. The first-order valence-electron chi connectivity index (χ1n) is 8.65. The van der Waals surface area contributed by atoms with Crippen LogP contribution in [0.5, 0.6) is 0 Å². The van der Waals surface area contributed by atoms with Crippen LogP contribution in [0.25, 0.3) is 0 Å². The van der Waals surface area contributed by atoms with E-state index in [1.54, 1.807) is 0 Å². The predicted molar refractivity (Wildman–Crippen MR) is 116 cm³/mol. The summed E-state index contributed by atoms with van der Waals surface area (Å²) in [5, 5.41) is 6.64. The minimum atomic E-state index is -0.140. The summed E-state index contributed by atoms with van der Waals surface area (Å²) in [6.07, 6.45) is 0.779. The van der Waals surface area contributed by atoms with Crippen molar-refractivity contribution in [3.63, 3.8) is 0 Å². The minimum absolute atomic E-state index is 0.0464. The summed E-state index contributed by atoms with van der Waals surface area (Å²) >= 11 is 4.71. The smallest absolute Gasteiger partial charge is 0.307 e. The topological polar surface area (TPSA) is 48.3 Å². The monoisotopic (exact) mass is 442 g/mol. The van der Waals surface area contributed by atoms with Crippen LogP contribution >= 0.6 is 27.7 Å². The Morgan fingerprint density at radius 2 is 1.81 bits per heavy atom. The van der Waals surface area contributed by atoms with Gasteiger partial charge in [-0.15, -0.1) is 0 Å².